The van der Waals surface area contributed by atoms with Crippen LogP contribution in [0.4, 0.5) is 4.39 Å². The van der Waals surface area contributed by atoms with Crippen LogP contribution in [0.2, 0.25) is 0 Å². The number of nitrogens with one attached hydrogen (secondary N) is 1. The lowest BCUT2D eigenvalue weighted by molar-refractivity contribution is 0.414. The summed E-state index contributed by atoms with van der Waals surface area (Å²) in [5, 5.41) is 2.61. The number of hydrogen-bond acceptors (Lipinski definition) is 4. The second-order valence-electron chi connectivity index (χ2n) is 6.02. The number of rotatable bonds is 4. The fraction of sp³-hybridized carbons (Fsp3) is 0.0476. The third-order valence-electron chi connectivity index (χ3n) is 4.21. The number of aromatic amines is 1. The van der Waals surface area contributed by atoms with Gasteiger partial charge in [0.2, 0.25) is 0 Å². The molecule has 4 aromatic rings. The van der Waals surface area contributed by atoms with Crippen LogP contribution in [-0.2, 0) is 0 Å². The zero-order valence-electron chi connectivity index (χ0n) is 14.7. The van der Waals surface area contributed by atoms with Crippen molar-refractivity contribution in [1.82, 2.24) is 9.97 Å². The quantitative estimate of drug-likeness (QED) is 0.479. The molecule has 0 radical (unpaired) electrons. The minimum absolute atomic E-state index is 0.287. The number of methoxy groups -OCH3 is 1. The topological polar surface area (TPSA) is 55.0 Å². The fourth-order valence-electron chi connectivity index (χ4n) is 2.85. The van der Waals surface area contributed by atoms with Gasteiger partial charge >= 0.3 is 0 Å². The normalized spacial score (nSPS) is 11.8. The molecule has 1 N–H and O–H groups in total. The van der Waals surface area contributed by atoms with E-state index in [4.69, 9.17) is 16.3 Å². The van der Waals surface area contributed by atoms with Crippen molar-refractivity contribution in [3.63, 3.8) is 0 Å². The Labute approximate surface area is 168 Å². The molecule has 140 valence electrons. The highest BCUT2D eigenvalue weighted by molar-refractivity contribution is 7.17. The number of benzene rings is 2. The van der Waals surface area contributed by atoms with Gasteiger partial charge in [0, 0.05) is 10.9 Å². The summed E-state index contributed by atoms with van der Waals surface area (Å²) in [4.78, 5) is 20.5. The number of ether oxygens (including phenoxy) is 1. The van der Waals surface area contributed by atoms with Crippen molar-refractivity contribution in [2.75, 3.05) is 7.11 Å². The first-order valence-electron chi connectivity index (χ1n) is 8.34. The summed E-state index contributed by atoms with van der Waals surface area (Å²) in [7, 11) is 1.59. The average Bonchev–Trinajstić information content (AvgIpc) is 3.13. The van der Waals surface area contributed by atoms with Gasteiger partial charge < -0.3 is 9.72 Å². The molecule has 0 spiro atoms. The van der Waals surface area contributed by atoms with E-state index < -0.39 is 0 Å². The van der Waals surface area contributed by atoms with Gasteiger partial charge in [-0.3, -0.25) is 4.79 Å². The predicted octanol–water partition coefficient (Wildman–Crippen LogP) is 5.54. The van der Waals surface area contributed by atoms with Gasteiger partial charge in [-0.15, -0.1) is 11.3 Å². The van der Waals surface area contributed by atoms with Gasteiger partial charge in [-0.1, -0.05) is 35.9 Å². The third kappa shape index (κ3) is 3.56. The number of fused-ring (bicyclic) bond motifs is 1. The number of hydrogen-bond donors (Lipinski definition) is 1. The maximum Gasteiger partial charge on any atom is 0.260 e. The Morgan fingerprint density at radius 3 is 2.79 bits per heavy atom. The Morgan fingerprint density at radius 1 is 1.25 bits per heavy atom. The molecule has 2 heterocycles. The highest BCUT2D eigenvalue weighted by Gasteiger charge is 2.14. The summed E-state index contributed by atoms with van der Waals surface area (Å²) in [5.41, 5.74) is 2.00. The first-order valence-corrected chi connectivity index (χ1v) is 9.60. The van der Waals surface area contributed by atoms with Crippen LogP contribution < -0.4 is 10.3 Å². The standard InChI is InChI=1S/C21H14ClFN2O2S/c1-27-15-4-2-3-12(9-15)10-17(22)19-24-20(26)18-16(11-28-21(18)25-19)13-5-7-14(23)8-6-13/h2-11H,1H3,(H,24,25,26)/b17-10-. The van der Waals surface area contributed by atoms with E-state index in [0.29, 0.717) is 26.6 Å². The maximum atomic E-state index is 13.2. The minimum Gasteiger partial charge on any atom is -0.497 e. The van der Waals surface area contributed by atoms with Crippen LogP contribution in [0.25, 0.3) is 32.5 Å². The van der Waals surface area contributed by atoms with Crippen molar-refractivity contribution in [3.05, 3.63) is 81.5 Å². The molecule has 0 bridgehead atoms. The molecule has 0 saturated carbocycles. The van der Waals surface area contributed by atoms with E-state index in [1.54, 1.807) is 25.3 Å². The van der Waals surface area contributed by atoms with E-state index in [9.17, 15) is 9.18 Å². The zero-order valence-corrected chi connectivity index (χ0v) is 16.3. The number of thiophene rings is 1. The lowest BCUT2D eigenvalue weighted by Gasteiger charge is -2.03. The first kappa shape index (κ1) is 18.4. The molecule has 28 heavy (non-hydrogen) atoms. The summed E-state index contributed by atoms with van der Waals surface area (Å²) >= 11 is 7.74. The van der Waals surface area contributed by atoms with Crippen LogP contribution in [-0.4, -0.2) is 17.1 Å². The summed E-state index contributed by atoms with van der Waals surface area (Å²) in [5.74, 6) is 0.666. The SMILES string of the molecule is COc1cccc(/C=C(\Cl)c2nc3scc(-c4ccc(F)cc4)c3c(=O)[nH]2)c1. The number of nitrogens with zero attached hydrogens (tertiary/aromatic N) is 1. The molecule has 2 aromatic heterocycles. The first-order chi connectivity index (χ1) is 13.5. The summed E-state index contributed by atoms with van der Waals surface area (Å²) in [6.45, 7) is 0. The van der Waals surface area contributed by atoms with E-state index in [0.717, 1.165) is 11.1 Å². The average molecular weight is 413 g/mol. The molecule has 2 aromatic carbocycles. The Bertz CT molecular complexity index is 1250. The maximum absolute atomic E-state index is 13.2. The lowest BCUT2D eigenvalue weighted by atomic mass is 10.1. The minimum atomic E-state index is -0.327. The molecule has 7 heteroatoms. The Kier molecular flexibility index (Phi) is 4.98. The number of aromatic nitrogens is 2. The van der Waals surface area contributed by atoms with Crippen LogP contribution in [0.5, 0.6) is 5.75 Å². The Balaban J connectivity index is 1.77. The van der Waals surface area contributed by atoms with Crippen molar-refractivity contribution in [1.29, 1.82) is 0 Å². The molecule has 0 fully saturated rings. The monoisotopic (exact) mass is 412 g/mol. The summed E-state index contributed by atoms with van der Waals surface area (Å²) in [6, 6.07) is 13.4. The number of halogens is 2. The van der Waals surface area contributed by atoms with Gasteiger partial charge in [-0.05, 0) is 41.5 Å². The van der Waals surface area contributed by atoms with Crippen molar-refractivity contribution in [2.45, 2.75) is 0 Å². The highest BCUT2D eigenvalue weighted by atomic mass is 35.5. The van der Waals surface area contributed by atoms with Gasteiger partial charge in [0.1, 0.15) is 16.4 Å². The van der Waals surface area contributed by atoms with E-state index in [1.807, 2.05) is 29.6 Å². The van der Waals surface area contributed by atoms with Crippen molar-refractivity contribution in [2.24, 2.45) is 0 Å². The Morgan fingerprint density at radius 2 is 2.04 bits per heavy atom. The van der Waals surface area contributed by atoms with Crippen LogP contribution in [0.15, 0.2) is 58.7 Å². The fourth-order valence-corrected chi connectivity index (χ4v) is 4.01. The van der Waals surface area contributed by atoms with Gasteiger partial charge in [-0.25, -0.2) is 9.37 Å². The van der Waals surface area contributed by atoms with E-state index in [1.165, 1.54) is 23.5 Å². The largest absolute Gasteiger partial charge is 0.497 e. The lowest BCUT2D eigenvalue weighted by Crippen LogP contribution is -2.10. The molecule has 0 aliphatic rings. The molecular formula is C21H14ClFN2O2S. The molecular weight excluding hydrogens is 399 g/mol. The summed E-state index contributed by atoms with van der Waals surface area (Å²) < 4.78 is 18.4. The smallest absolute Gasteiger partial charge is 0.260 e. The second-order valence-corrected chi connectivity index (χ2v) is 7.29. The molecule has 0 unspecified atom stereocenters. The van der Waals surface area contributed by atoms with Crippen LogP contribution in [0.1, 0.15) is 11.4 Å². The van der Waals surface area contributed by atoms with Crippen LogP contribution >= 0.6 is 22.9 Å². The molecule has 0 atom stereocenters. The van der Waals surface area contributed by atoms with Crippen LogP contribution in [0.3, 0.4) is 0 Å². The third-order valence-corrected chi connectivity index (χ3v) is 5.37. The van der Waals surface area contributed by atoms with Crippen molar-refractivity contribution >= 4 is 44.3 Å². The number of H-pyrrole nitrogens is 1. The van der Waals surface area contributed by atoms with Crippen molar-refractivity contribution in [3.8, 4) is 16.9 Å². The highest BCUT2D eigenvalue weighted by Crippen LogP contribution is 2.32. The predicted molar refractivity (Wildman–Crippen MR) is 112 cm³/mol. The summed E-state index contributed by atoms with van der Waals surface area (Å²) in [6.07, 6.45) is 1.71. The Hall–Kier alpha value is -2.96. The van der Waals surface area contributed by atoms with Crippen molar-refractivity contribution < 1.29 is 9.13 Å². The van der Waals surface area contributed by atoms with E-state index >= 15 is 0 Å². The molecule has 0 saturated heterocycles. The van der Waals surface area contributed by atoms with Gasteiger partial charge in [0.25, 0.3) is 5.56 Å². The van der Waals surface area contributed by atoms with Gasteiger partial charge in [-0.2, -0.15) is 0 Å². The van der Waals surface area contributed by atoms with Gasteiger partial charge in [0.05, 0.1) is 17.5 Å². The van der Waals surface area contributed by atoms with E-state index in [-0.39, 0.29) is 17.2 Å². The van der Waals surface area contributed by atoms with E-state index in [2.05, 4.69) is 9.97 Å². The molecule has 0 amide bonds. The second kappa shape index (κ2) is 7.58. The molecule has 4 rings (SSSR count). The van der Waals surface area contributed by atoms with Crippen LogP contribution in [0, 0.1) is 5.82 Å². The zero-order chi connectivity index (χ0) is 19.7. The molecule has 0 aliphatic heterocycles. The molecule has 4 nitrogen and oxygen atoms in total. The van der Waals surface area contributed by atoms with Gasteiger partial charge in [0.15, 0.2) is 5.82 Å². The molecule has 0 aliphatic carbocycles.